The third-order valence-corrected chi connectivity index (χ3v) is 3.25. The molecule has 1 aromatic heterocycles. The van der Waals surface area contributed by atoms with Crippen LogP contribution < -0.4 is 15.8 Å². The largest absolute Gasteiger partial charge is 0.363 e. The van der Waals surface area contributed by atoms with E-state index >= 15 is 0 Å². The van der Waals surface area contributed by atoms with E-state index in [2.05, 4.69) is 20.3 Å². The molecule has 0 atom stereocenters. The van der Waals surface area contributed by atoms with Gasteiger partial charge in [0.25, 0.3) is 0 Å². The normalized spacial score (nSPS) is 11.0. The summed E-state index contributed by atoms with van der Waals surface area (Å²) in [4.78, 5) is 0.0356. The molecule has 4 N–H and O–H groups in total. The van der Waals surface area contributed by atoms with E-state index in [0.717, 1.165) is 0 Å². The van der Waals surface area contributed by atoms with Gasteiger partial charge >= 0.3 is 0 Å². The van der Waals surface area contributed by atoms with E-state index in [1.165, 1.54) is 18.4 Å². The van der Waals surface area contributed by atoms with Crippen molar-refractivity contribution < 1.29 is 12.9 Å². The molecule has 0 saturated heterocycles. The van der Waals surface area contributed by atoms with E-state index in [4.69, 9.17) is 17.4 Å². The molecule has 1 aromatic carbocycles. The van der Waals surface area contributed by atoms with E-state index in [0.29, 0.717) is 16.6 Å². The third kappa shape index (κ3) is 3.74. The molecule has 0 aliphatic heterocycles. The summed E-state index contributed by atoms with van der Waals surface area (Å²) in [5, 5.41) is 14.6. The van der Waals surface area contributed by atoms with Gasteiger partial charge in [-0.15, -0.1) is 0 Å². The smallest absolute Gasteiger partial charge is 0.238 e. The van der Waals surface area contributed by atoms with Crippen molar-refractivity contribution in [2.45, 2.75) is 4.90 Å². The third-order valence-electron chi connectivity index (χ3n) is 2.12. The van der Waals surface area contributed by atoms with Crippen molar-refractivity contribution in [2.75, 3.05) is 10.6 Å². The lowest BCUT2D eigenvalue weighted by Gasteiger charge is -2.08. The summed E-state index contributed by atoms with van der Waals surface area (Å²) in [7, 11) is -3.69. The predicted octanol–water partition coefficient (Wildman–Crippen LogP) is 1.13. The van der Waals surface area contributed by atoms with Gasteiger partial charge in [0.05, 0.1) is 4.90 Å². The van der Waals surface area contributed by atoms with Gasteiger partial charge in [-0.2, -0.15) is 0 Å². The highest BCUT2D eigenvalue weighted by molar-refractivity contribution is 7.89. The average Bonchev–Trinajstić information content (AvgIpc) is 2.81. The lowest BCUT2D eigenvalue weighted by Crippen LogP contribution is -2.19. The van der Waals surface area contributed by atoms with Crippen LogP contribution in [0.2, 0.25) is 0 Å². The Morgan fingerprint density at radius 3 is 2.42 bits per heavy atom. The maximum atomic E-state index is 11.1. The van der Waals surface area contributed by atoms with Crippen molar-refractivity contribution in [1.29, 1.82) is 0 Å². The number of hydrogen-bond acceptors (Lipinski definition) is 5. The van der Waals surface area contributed by atoms with E-state index in [9.17, 15) is 8.42 Å². The molecule has 0 bridgehead atoms. The van der Waals surface area contributed by atoms with Crippen molar-refractivity contribution in [1.82, 2.24) is 5.16 Å². The number of nitrogens with two attached hydrogens (primary N) is 1. The van der Waals surface area contributed by atoms with Gasteiger partial charge in [0.15, 0.2) is 10.9 Å². The summed E-state index contributed by atoms with van der Waals surface area (Å²) in [6, 6.07) is 7.48. The molecule has 2 rings (SSSR count). The minimum atomic E-state index is -3.69. The first kappa shape index (κ1) is 13.5. The van der Waals surface area contributed by atoms with Crippen molar-refractivity contribution >= 4 is 38.9 Å². The Morgan fingerprint density at radius 2 is 1.89 bits per heavy atom. The second kappa shape index (κ2) is 5.34. The fourth-order valence-corrected chi connectivity index (χ4v) is 2.02. The summed E-state index contributed by atoms with van der Waals surface area (Å²) >= 11 is 5.04. The minimum absolute atomic E-state index is 0.0356. The van der Waals surface area contributed by atoms with Crippen LogP contribution in [0, 0.1) is 0 Å². The van der Waals surface area contributed by atoms with E-state index in [-0.39, 0.29) is 4.90 Å². The topological polar surface area (TPSA) is 110 Å². The Bertz CT molecular complexity index is 665. The number of primary sulfonamides is 1. The monoisotopic (exact) mass is 298 g/mol. The van der Waals surface area contributed by atoms with Crippen molar-refractivity contribution in [3.63, 3.8) is 0 Å². The lowest BCUT2D eigenvalue weighted by atomic mass is 10.3. The zero-order chi connectivity index (χ0) is 13.9. The Morgan fingerprint density at radius 1 is 1.21 bits per heavy atom. The Kier molecular flexibility index (Phi) is 3.79. The predicted molar refractivity (Wildman–Crippen MR) is 74.2 cm³/mol. The number of thiocarbonyl (C=S) groups is 1. The van der Waals surface area contributed by atoms with Gasteiger partial charge < -0.3 is 15.2 Å². The van der Waals surface area contributed by atoms with Crippen LogP contribution in [0.5, 0.6) is 0 Å². The number of rotatable bonds is 3. The summed E-state index contributed by atoms with van der Waals surface area (Å²) in [6.45, 7) is 0. The van der Waals surface area contributed by atoms with E-state index in [1.54, 1.807) is 18.2 Å². The number of aromatic nitrogens is 1. The number of benzene rings is 1. The molecule has 1 heterocycles. The molecule has 0 amide bonds. The molecule has 0 spiro atoms. The molecule has 2 aromatic rings. The summed E-state index contributed by atoms with van der Waals surface area (Å²) < 4.78 is 26.8. The molecular formula is C10H10N4O3S2. The SMILES string of the molecule is NS(=O)(=O)c1ccc(NC(=S)Nc2ccon2)cc1. The van der Waals surface area contributed by atoms with Crippen LogP contribution in [-0.4, -0.2) is 18.7 Å². The average molecular weight is 298 g/mol. The first-order valence-corrected chi connectivity index (χ1v) is 7.02. The van der Waals surface area contributed by atoms with Gasteiger partial charge in [0.2, 0.25) is 10.0 Å². The van der Waals surface area contributed by atoms with Gasteiger partial charge in [0, 0.05) is 11.8 Å². The Balaban J connectivity index is 2.02. The highest BCUT2D eigenvalue weighted by Crippen LogP contribution is 2.13. The van der Waals surface area contributed by atoms with E-state index < -0.39 is 10.0 Å². The Labute approximate surface area is 114 Å². The molecule has 0 saturated carbocycles. The van der Waals surface area contributed by atoms with Crippen LogP contribution in [-0.2, 0) is 10.0 Å². The van der Waals surface area contributed by atoms with Crippen LogP contribution in [0.3, 0.4) is 0 Å². The highest BCUT2D eigenvalue weighted by atomic mass is 32.2. The standard InChI is InChI=1S/C10H10N4O3S2/c11-19(15,16)8-3-1-7(2-4-8)12-10(18)13-9-5-6-17-14-9/h1-6H,(H2,11,15,16)(H2,12,13,14,18). The van der Waals surface area contributed by atoms with Gasteiger partial charge in [0.1, 0.15) is 6.26 Å². The molecular weight excluding hydrogens is 288 g/mol. The summed E-state index contributed by atoms with van der Waals surface area (Å²) in [6.07, 6.45) is 1.41. The molecule has 9 heteroatoms. The van der Waals surface area contributed by atoms with Gasteiger partial charge in [-0.25, -0.2) is 13.6 Å². The van der Waals surface area contributed by atoms with Crippen LogP contribution in [0.25, 0.3) is 0 Å². The van der Waals surface area contributed by atoms with Gasteiger partial charge in [-0.05, 0) is 36.5 Å². The first-order chi connectivity index (χ1) is 8.95. The molecule has 0 aliphatic rings. The molecule has 0 unspecified atom stereocenters. The Hall–Kier alpha value is -1.97. The molecule has 0 radical (unpaired) electrons. The quantitative estimate of drug-likeness (QED) is 0.728. The summed E-state index contributed by atoms with van der Waals surface area (Å²) in [5.74, 6) is 0.471. The minimum Gasteiger partial charge on any atom is -0.363 e. The lowest BCUT2D eigenvalue weighted by molar-refractivity contribution is 0.423. The maximum absolute atomic E-state index is 11.1. The fraction of sp³-hybridized carbons (Fsp3) is 0. The molecule has 19 heavy (non-hydrogen) atoms. The van der Waals surface area contributed by atoms with Crippen molar-refractivity contribution in [2.24, 2.45) is 5.14 Å². The zero-order valence-corrected chi connectivity index (χ0v) is 11.2. The van der Waals surface area contributed by atoms with Crippen LogP contribution >= 0.6 is 12.2 Å². The van der Waals surface area contributed by atoms with E-state index in [1.807, 2.05) is 0 Å². The van der Waals surface area contributed by atoms with Crippen molar-refractivity contribution in [3.8, 4) is 0 Å². The second-order valence-corrected chi connectivity index (χ2v) is 5.50. The second-order valence-electron chi connectivity index (χ2n) is 3.53. The fourth-order valence-electron chi connectivity index (χ4n) is 1.28. The molecule has 0 aliphatic carbocycles. The van der Waals surface area contributed by atoms with Gasteiger partial charge in [-0.3, -0.25) is 0 Å². The highest BCUT2D eigenvalue weighted by Gasteiger charge is 2.07. The maximum Gasteiger partial charge on any atom is 0.238 e. The zero-order valence-electron chi connectivity index (χ0n) is 9.53. The van der Waals surface area contributed by atoms with Crippen molar-refractivity contribution in [3.05, 3.63) is 36.6 Å². The molecule has 0 fully saturated rings. The van der Waals surface area contributed by atoms with Gasteiger partial charge in [-0.1, -0.05) is 5.16 Å². The van der Waals surface area contributed by atoms with Crippen LogP contribution in [0.1, 0.15) is 0 Å². The number of nitrogens with zero attached hydrogens (tertiary/aromatic N) is 1. The molecule has 7 nitrogen and oxygen atoms in total. The van der Waals surface area contributed by atoms with Crippen LogP contribution in [0.15, 0.2) is 46.0 Å². The summed E-state index contributed by atoms with van der Waals surface area (Å²) in [5.41, 5.74) is 0.619. The molecule has 100 valence electrons. The van der Waals surface area contributed by atoms with Crippen LogP contribution in [0.4, 0.5) is 11.5 Å². The number of nitrogens with one attached hydrogen (secondary N) is 2. The number of anilines is 2. The number of hydrogen-bond donors (Lipinski definition) is 3. The first-order valence-electron chi connectivity index (χ1n) is 5.06. The number of sulfonamides is 1.